The van der Waals surface area contributed by atoms with Gasteiger partial charge < -0.3 is 5.32 Å². The van der Waals surface area contributed by atoms with Gasteiger partial charge in [-0.1, -0.05) is 12.1 Å². The number of amides is 1. The molecule has 4 nitrogen and oxygen atoms in total. The highest BCUT2D eigenvalue weighted by Crippen LogP contribution is 2.24. The minimum absolute atomic E-state index is 0.0502. The summed E-state index contributed by atoms with van der Waals surface area (Å²) < 4.78 is 0. The zero-order chi connectivity index (χ0) is 12.4. The van der Waals surface area contributed by atoms with Gasteiger partial charge in [-0.05, 0) is 31.2 Å². The first kappa shape index (κ1) is 11.8. The van der Waals surface area contributed by atoms with E-state index < -0.39 is 0 Å². The van der Waals surface area contributed by atoms with Crippen LogP contribution in [0.2, 0.25) is 0 Å². The van der Waals surface area contributed by atoms with Crippen LogP contribution in [0.4, 0.5) is 5.69 Å². The third kappa shape index (κ3) is 2.91. The second kappa shape index (κ2) is 4.67. The molecule has 2 rings (SSSR count). The van der Waals surface area contributed by atoms with Gasteiger partial charge in [0.25, 0.3) is 0 Å². The number of hydrogen-bond acceptors (Lipinski definition) is 3. The molecule has 0 bridgehead atoms. The molecule has 0 unspecified atom stereocenters. The maximum Gasteiger partial charge on any atom is 0.228 e. The van der Waals surface area contributed by atoms with Crippen molar-refractivity contribution < 1.29 is 9.59 Å². The van der Waals surface area contributed by atoms with Crippen molar-refractivity contribution in [2.45, 2.75) is 19.9 Å². The van der Waals surface area contributed by atoms with Crippen LogP contribution in [0, 0.1) is 0 Å². The molecule has 1 heterocycles. The van der Waals surface area contributed by atoms with Crippen LogP contribution in [0.25, 0.3) is 0 Å². The first-order chi connectivity index (χ1) is 8.04. The summed E-state index contributed by atoms with van der Waals surface area (Å²) in [6.07, 6.45) is 0.458. The number of anilines is 1. The van der Waals surface area contributed by atoms with Crippen molar-refractivity contribution in [3.63, 3.8) is 0 Å². The van der Waals surface area contributed by atoms with Crippen molar-refractivity contribution in [1.29, 1.82) is 0 Å². The molecule has 1 aliphatic heterocycles. The predicted molar refractivity (Wildman–Crippen MR) is 65.8 cm³/mol. The average Bonchev–Trinajstić information content (AvgIpc) is 2.55. The third-order valence-electron chi connectivity index (χ3n) is 2.74. The Morgan fingerprint density at radius 3 is 2.94 bits per heavy atom. The fourth-order valence-corrected chi connectivity index (χ4v) is 2.13. The largest absolute Gasteiger partial charge is 0.326 e. The molecule has 1 amide bonds. The summed E-state index contributed by atoms with van der Waals surface area (Å²) in [4.78, 5) is 24.2. The minimum atomic E-state index is 0.0502. The number of ketones is 1. The van der Waals surface area contributed by atoms with Crippen LogP contribution in [-0.4, -0.2) is 30.2 Å². The summed E-state index contributed by atoms with van der Waals surface area (Å²) >= 11 is 0. The molecule has 1 aliphatic rings. The van der Waals surface area contributed by atoms with Crippen molar-refractivity contribution in [2.75, 3.05) is 18.9 Å². The first-order valence-electron chi connectivity index (χ1n) is 5.64. The molecule has 1 aromatic carbocycles. The number of likely N-dealkylation sites (N-methyl/N-ethyl adjacent to an activating group) is 1. The van der Waals surface area contributed by atoms with E-state index in [1.165, 1.54) is 0 Å². The molecule has 0 spiro atoms. The number of Topliss-reactive ketones (excluding diaryl/α,β-unsaturated/α-hetero) is 1. The van der Waals surface area contributed by atoms with E-state index in [0.717, 1.165) is 23.4 Å². The zero-order valence-corrected chi connectivity index (χ0v) is 10.1. The molecule has 0 saturated heterocycles. The lowest BCUT2D eigenvalue weighted by atomic mass is 10.1. The Morgan fingerprint density at radius 1 is 1.47 bits per heavy atom. The highest BCUT2D eigenvalue weighted by molar-refractivity contribution is 5.99. The van der Waals surface area contributed by atoms with Crippen molar-refractivity contribution >= 4 is 17.4 Å². The van der Waals surface area contributed by atoms with E-state index in [1.807, 2.05) is 30.1 Å². The number of carbonyl (C=O) groups excluding carboxylic acids is 2. The summed E-state index contributed by atoms with van der Waals surface area (Å²) in [5, 5.41) is 2.80. The smallest absolute Gasteiger partial charge is 0.228 e. The van der Waals surface area contributed by atoms with Gasteiger partial charge in [-0.2, -0.15) is 0 Å². The number of nitrogens with one attached hydrogen (secondary N) is 1. The molecule has 0 aliphatic carbocycles. The van der Waals surface area contributed by atoms with Gasteiger partial charge in [-0.15, -0.1) is 0 Å². The van der Waals surface area contributed by atoms with Crippen LogP contribution in [-0.2, 0) is 22.6 Å². The summed E-state index contributed by atoms with van der Waals surface area (Å²) in [6.45, 7) is 2.76. The van der Waals surface area contributed by atoms with Gasteiger partial charge in [0.05, 0.1) is 13.0 Å². The van der Waals surface area contributed by atoms with Crippen molar-refractivity contribution in [2.24, 2.45) is 0 Å². The lowest BCUT2D eigenvalue weighted by Gasteiger charge is -2.15. The SMILES string of the molecule is CC(=O)CN(C)Cc1ccc2c(c1)CC(=O)N2. The first-order valence-corrected chi connectivity index (χ1v) is 5.64. The standard InChI is InChI=1S/C13H16N2O2/c1-9(16)7-15(2)8-10-3-4-12-11(5-10)6-13(17)14-12/h3-5H,6-8H2,1-2H3,(H,14,17). The van der Waals surface area contributed by atoms with E-state index in [2.05, 4.69) is 5.32 Å². The maximum atomic E-state index is 11.2. The number of rotatable bonds is 4. The lowest BCUT2D eigenvalue weighted by Crippen LogP contribution is -2.23. The molecule has 0 saturated carbocycles. The van der Waals surface area contributed by atoms with Gasteiger partial charge >= 0.3 is 0 Å². The van der Waals surface area contributed by atoms with Crippen LogP contribution in [0.5, 0.6) is 0 Å². The molecular weight excluding hydrogens is 216 g/mol. The minimum Gasteiger partial charge on any atom is -0.326 e. The fraction of sp³-hybridized carbons (Fsp3) is 0.385. The molecule has 1 aromatic rings. The van der Waals surface area contributed by atoms with E-state index in [-0.39, 0.29) is 11.7 Å². The van der Waals surface area contributed by atoms with Crippen molar-refractivity contribution in [3.05, 3.63) is 29.3 Å². The lowest BCUT2D eigenvalue weighted by molar-refractivity contribution is -0.118. The molecule has 0 aromatic heterocycles. The Kier molecular flexibility index (Phi) is 3.24. The summed E-state index contributed by atoms with van der Waals surface area (Å²) in [7, 11) is 1.91. The molecule has 17 heavy (non-hydrogen) atoms. The number of hydrogen-bond donors (Lipinski definition) is 1. The van der Waals surface area contributed by atoms with E-state index in [4.69, 9.17) is 0 Å². The maximum absolute atomic E-state index is 11.2. The van der Waals surface area contributed by atoms with Gasteiger partial charge in [-0.25, -0.2) is 0 Å². The summed E-state index contributed by atoms with van der Waals surface area (Å²) in [6, 6.07) is 5.95. The van der Waals surface area contributed by atoms with E-state index >= 15 is 0 Å². The van der Waals surface area contributed by atoms with Crippen molar-refractivity contribution in [3.8, 4) is 0 Å². The number of carbonyl (C=O) groups is 2. The molecule has 0 atom stereocenters. The van der Waals surface area contributed by atoms with Gasteiger partial charge in [-0.3, -0.25) is 14.5 Å². The second-order valence-electron chi connectivity index (χ2n) is 4.59. The van der Waals surface area contributed by atoms with Crippen LogP contribution in [0.15, 0.2) is 18.2 Å². The van der Waals surface area contributed by atoms with Crippen LogP contribution < -0.4 is 5.32 Å². The highest BCUT2D eigenvalue weighted by Gasteiger charge is 2.17. The monoisotopic (exact) mass is 232 g/mol. The Hall–Kier alpha value is -1.68. The summed E-state index contributed by atoms with van der Waals surface area (Å²) in [5.74, 6) is 0.208. The quantitative estimate of drug-likeness (QED) is 0.848. The van der Waals surface area contributed by atoms with Gasteiger partial charge in [0.15, 0.2) is 0 Å². The second-order valence-corrected chi connectivity index (χ2v) is 4.59. The van der Waals surface area contributed by atoms with Gasteiger partial charge in [0, 0.05) is 12.2 Å². The normalized spacial score (nSPS) is 13.7. The van der Waals surface area contributed by atoms with Crippen LogP contribution in [0.1, 0.15) is 18.1 Å². The van der Waals surface area contributed by atoms with E-state index in [0.29, 0.717) is 13.0 Å². The molecule has 0 fully saturated rings. The Bertz CT molecular complexity index is 468. The average molecular weight is 232 g/mol. The summed E-state index contributed by atoms with van der Waals surface area (Å²) in [5.41, 5.74) is 3.08. The molecule has 4 heteroatoms. The topological polar surface area (TPSA) is 49.4 Å². The molecule has 90 valence electrons. The van der Waals surface area contributed by atoms with Gasteiger partial charge in [0.2, 0.25) is 5.91 Å². The number of benzene rings is 1. The van der Waals surface area contributed by atoms with Crippen molar-refractivity contribution in [1.82, 2.24) is 4.90 Å². The molecule has 0 radical (unpaired) electrons. The van der Waals surface area contributed by atoms with Gasteiger partial charge in [0.1, 0.15) is 5.78 Å². The fourth-order valence-electron chi connectivity index (χ4n) is 2.13. The number of nitrogens with zero attached hydrogens (tertiary/aromatic N) is 1. The Morgan fingerprint density at radius 2 is 2.24 bits per heavy atom. The number of fused-ring (bicyclic) bond motifs is 1. The predicted octanol–water partition coefficient (Wildman–Crippen LogP) is 1.20. The molecular formula is C13H16N2O2. The van der Waals surface area contributed by atoms with Crippen LogP contribution in [0.3, 0.4) is 0 Å². The Balaban J connectivity index is 2.06. The van der Waals surface area contributed by atoms with Crippen LogP contribution >= 0.6 is 0 Å². The zero-order valence-electron chi connectivity index (χ0n) is 10.1. The Labute approximate surface area is 101 Å². The van der Waals surface area contributed by atoms with E-state index in [1.54, 1.807) is 6.92 Å². The third-order valence-corrected chi connectivity index (χ3v) is 2.74. The van der Waals surface area contributed by atoms with E-state index in [9.17, 15) is 9.59 Å². The highest BCUT2D eigenvalue weighted by atomic mass is 16.1. The molecule has 1 N–H and O–H groups in total.